The summed E-state index contributed by atoms with van der Waals surface area (Å²) in [5, 5.41) is 2.90. The molecule has 0 spiro atoms. The van der Waals surface area contributed by atoms with Gasteiger partial charge >= 0.3 is 0 Å². The zero-order chi connectivity index (χ0) is 19.4. The van der Waals surface area contributed by atoms with Crippen LogP contribution in [0.5, 0.6) is 0 Å². The molecule has 0 atom stereocenters. The van der Waals surface area contributed by atoms with Gasteiger partial charge in [0.05, 0.1) is 5.56 Å². The predicted octanol–water partition coefficient (Wildman–Crippen LogP) is 3.13. The van der Waals surface area contributed by atoms with Crippen molar-refractivity contribution in [1.82, 2.24) is 9.88 Å². The second-order valence-corrected chi connectivity index (χ2v) is 7.13. The Kier molecular flexibility index (Phi) is 5.74. The molecule has 0 radical (unpaired) electrons. The Morgan fingerprint density at radius 1 is 1.00 bits per heavy atom. The third-order valence-corrected chi connectivity index (χ3v) is 4.89. The van der Waals surface area contributed by atoms with E-state index < -0.39 is 0 Å². The summed E-state index contributed by atoms with van der Waals surface area (Å²) in [5.74, 6) is 1.23. The molecular formula is C21H26N4O2. The van der Waals surface area contributed by atoms with E-state index in [2.05, 4.69) is 29.0 Å². The molecule has 0 unspecified atom stereocenters. The van der Waals surface area contributed by atoms with Gasteiger partial charge in [-0.3, -0.25) is 9.59 Å². The van der Waals surface area contributed by atoms with Gasteiger partial charge in [0.25, 0.3) is 5.91 Å². The molecule has 2 amide bonds. The van der Waals surface area contributed by atoms with Crippen LogP contribution in [0, 0.1) is 0 Å². The van der Waals surface area contributed by atoms with Crippen molar-refractivity contribution >= 4 is 23.3 Å². The highest BCUT2D eigenvalue weighted by Crippen LogP contribution is 2.18. The number of hydrogen-bond acceptors (Lipinski definition) is 4. The van der Waals surface area contributed by atoms with E-state index in [4.69, 9.17) is 0 Å². The molecule has 1 saturated heterocycles. The third-order valence-electron chi connectivity index (χ3n) is 4.89. The van der Waals surface area contributed by atoms with Crippen LogP contribution in [0.2, 0.25) is 0 Å². The molecule has 3 rings (SSSR count). The van der Waals surface area contributed by atoms with E-state index in [9.17, 15) is 9.59 Å². The number of nitrogens with zero attached hydrogens (tertiary/aromatic N) is 3. The Morgan fingerprint density at radius 2 is 1.67 bits per heavy atom. The van der Waals surface area contributed by atoms with E-state index in [0.717, 1.165) is 24.6 Å². The molecule has 0 saturated carbocycles. The van der Waals surface area contributed by atoms with Crippen LogP contribution in [0.4, 0.5) is 11.5 Å². The van der Waals surface area contributed by atoms with Crippen LogP contribution in [0.3, 0.4) is 0 Å². The van der Waals surface area contributed by atoms with Crippen molar-refractivity contribution in [3.8, 4) is 0 Å². The Labute approximate surface area is 160 Å². The highest BCUT2D eigenvalue weighted by atomic mass is 16.2. The van der Waals surface area contributed by atoms with Gasteiger partial charge in [-0.25, -0.2) is 4.98 Å². The first kappa shape index (κ1) is 18.9. The molecule has 1 N–H and O–H groups in total. The first-order valence-electron chi connectivity index (χ1n) is 9.32. The maximum Gasteiger partial charge on any atom is 0.257 e. The molecule has 142 valence electrons. The average molecular weight is 366 g/mol. The smallest absolute Gasteiger partial charge is 0.257 e. The number of aromatic nitrogens is 1. The summed E-state index contributed by atoms with van der Waals surface area (Å²) >= 11 is 0. The van der Waals surface area contributed by atoms with E-state index in [-0.39, 0.29) is 11.8 Å². The zero-order valence-electron chi connectivity index (χ0n) is 16.1. The number of hydrogen-bond donors (Lipinski definition) is 1. The van der Waals surface area contributed by atoms with Gasteiger partial charge in [-0.1, -0.05) is 26.0 Å². The van der Waals surface area contributed by atoms with Crippen LogP contribution >= 0.6 is 0 Å². The summed E-state index contributed by atoms with van der Waals surface area (Å²) in [4.78, 5) is 32.2. The molecule has 1 aromatic carbocycles. The van der Waals surface area contributed by atoms with Gasteiger partial charge < -0.3 is 15.1 Å². The minimum Gasteiger partial charge on any atom is -0.353 e. The predicted molar refractivity (Wildman–Crippen MR) is 107 cm³/mol. The number of anilines is 2. The molecule has 1 aliphatic rings. The second kappa shape index (κ2) is 8.20. The molecule has 2 aromatic rings. The van der Waals surface area contributed by atoms with Crippen molar-refractivity contribution in [2.45, 2.75) is 26.7 Å². The van der Waals surface area contributed by atoms with Crippen molar-refractivity contribution in [1.29, 1.82) is 0 Å². The Morgan fingerprint density at radius 3 is 2.19 bits per heavy atom. The van der Waals surface area contributed by atoms with Crippen LogP contribution in [0.15, 0.2) is 42.6 Å². The van der Waals surface area contributed by atoms with E-state index >= 15 is 0 Å². The van der Waals surface area contributed by atoms with Crippen LogP contribution in [0.25, 0.3) is 0 Å². The van der Waals surface area contributed by atoms with Crippen molar-refractivity contribution in [2.75, 3.05) is 36.4 Å². The molecule has 6 nitrogen and oxygen atoms in total. The number of carbonyl (C=O) groups is 2. The standard InChI is InChI=1S/C21H26N4O2/c1-15(2)17-4-7-19(8-5-17)23-21(27)18-6-9-20(22-14-18)25-12-10-24(11-13-25)16(3)26/h4-9,14-15H,10-13H2,1-3H3,(H,23,27). The van der Waals surface area contributed by atoms with Crippen molar-refractivity contribution in [3.05, 3.63) is 53.7 Å². The number of rotatable bonds is 4. The van der Waals surface area contributed by atoms with E-state index in [1.54, 1.807) is 19.2 Å². The van der Waals surface area contributed by atoms with Gasteiger partial charge in [0, 0.05) is 45.0 Å². The molecule has 1 fully saturated rings. The van der Waals surface area contributed by atoms with Crippen molar-refractivity contribution in [3.63, 3.8) is 0 Å². The van der Waals surface area contributed by atoms with Crippen molar-refractivity contribution in [2.24, 2.45) is 0 Å². The second-order valence-electron chi connectivity index (χ2n) is 7.13. The number of carbonyl (C=O) groups excluding carboxylic acids is 2. The quantitative estimate of drug-likeness (QED) is 0.903. The lowest BCUT2D eigenvalue weighted by Gasteiger charge is -2.34. The van der Waals surface area contributed by atoms with E-state index in [0.29, 0.717) is 24.6 Å². The number of amides is 2. The van der Waals surface area contributed by atoms with Gasteiger partial charge in [-0.05, 0) is 35.7 Å². The molecule has 1 aromatic heterocycles. The zero-order valence-corrected chi connectivity index (χ0v) is 16.1. The lowest BCUT2D eigenvalue weighted by Crippen LogP contribution is -2.48. The molecule has 0 bridgehead atoms. The summed E-state index contributed by atoms with van der Waals surface area (Å²) in [6.07, 6.45) is 1.60. The largest absolute Gasteiger partial charge is 0.353 e. The fourth-order valence-corrected chi connectivity index (χ4v) is 3.11. The van der Waals surface area contributed by atoms with Gasteiger partial charge in [0.1, 0.15) is 5.82 Å². The SMILES string of the molecule is CC(=O)N1CCN(c2ccc(C(=O)Nc3ccc(C(C)C)cc3)cn2)CC1. The monoisotopic (exact) mass is 366 g/mol. The Balaban J connectivity index is 1.60. The molecule has 2 heterocycles. The topological polar surface area (TPSA) is 65.5 Å². The van der Waals surface area contributed by atoms with Crippen LogP contribution in [0.1, 0.15) is 42.6 Å². The van der Waals surface area contributed by atoms with E-state index in [1.807, 2.05) is 35.2 Å². The average Bonchev–Trinajstić information content (AvgIpc) is 2.68. The maximum absolute atomic E-state index is 12.4. The summed E-state index contributed by atoms with van der Waals surface area (Å²) in [6.45, 7) is 8.77. The van der Waals surface area contributed by atoms with Crippen LogP contribution in [-0.2, 0) is 4.79 Å². The summed E-state index contributed by atoms with van der Waals surface area (Å²) in [7, 11) is 0. The van der Waals surface area contributed by atoms with E-state index in [1.165, 1.54) is 5.56 Å². The fourth-order valence-electron chi connectivity index (χ4n) is 3.11. The van der Waals surface area contributed by atoms with Gasteiger partial charge in [0.2, 0.25) is 5.91 Å². The highest BCUT2D eigenvalue weighted by Gasteiger charge is 2.19. The number of piperazine rings is 1. The molecule has 0 aliphatic carbocycles. The maximum atomic E-state index is 12.4. The Bertz CT molecular complexity index is 792. The number of nitrogens with one attached hydrogen (secondary N) is 1. The normalized spacial score (nSPS) is 14.4. The summed E-state index contributed by atoms with van der Waals surface area (Å²) < 4.78 is 0. The molecule has 27 heavy (non-hydrogen) atoms. The summed E-state index contributed by atoms with van der Waals surface area (Å²) in [6, 6.07) is 11.6. The first-order chi connectivity index (χ1) is 12.9. The number of pyridine rings is 1. The van der Waals surface area contributed by atoms with Crippen LogP contribution < -0.4 is 10.2 Å². The van der Waals surface area contributed by atoms with Gasteiger partial charge in [0.15, 0.2) is 0 Å². The van der Waals surface area contributed by atoms with Gasteiger partial charge in [-0.2, -0.15) is 0 Å². The lowest BCUT2D eigenvalue weighted by atomic mass is 10.0. The summed E-state index contributed by atoms with van der Waals surface area (Å²) in [5.41, 5.74) is 2.53. The first-order valence-corrected chi connectivity index (χ1v) is 9.32. The fraction of sp³-hybridized carbons (Fsp3) is 0.381. The number of benzene rings is 1. The minimum absolute atomic E-state index is 0.107. The molecule has 1 aliphatic heterocycles. The van der Waals surface area contributed by atoms with Crippen LogP contribution in [-0.4, -0.2) is 47.9 Å². The highest BCUT2D eigenvalue weighted by molar-refractivity contribution is 6.04. The lowest BCUT2D eigenvalue weighted by molar-refractivity contribution is -0.129. The Hall–Kier alpha value is -2.89. The third kappa shape index (κ3) is 4.64. The van der Waals surface area contributed by atoms with Crippen molar-refractivity contribution < 1.29 is 9.59 Å². The minimum atomic E-state index is -0.173. The van der Waals surface area contributed by atoms with Gasteiger partial charge in [-0.15, -0.1) is 0 Å². The molecular weight excluding hydrogens is 340 g/mol. The molecule has 6 heteroatoms.